The van der Waals surface area contributed by atoms with Crippen molar-refractivity contribution in [3.05, 3.63) is 53.6 Å². The zero-order valence-electron chi connectivity index (χ0n) is 14.0. The molecule has 0 spiro atoms. The van der Waals surface area contributed by atoms with Crippen molar-refractivity contribution >= 4 is 22.3 Å². The second-order valence-corrected chi connectivity index (χ2v) is 6.98. The van der Waals surface area contributed by atoms with Crippen LogP contribution >= 0.6 is 0 Å². The van der Waals surface area contributed by atoms with Crippen molar-refractivity contribution in [1.29, 1.82) is 0 Å². The van der Waals surface area contributed by atoms with Gasteiger partial charge < -0.3 is 5.11 Å². The van der Waals surface area contributed by atoms with Crippen molar-refractivity contribution in [3.8, 4) is 0 Å². The van der Waals surface area contributed by atoms with Crippen LogP contribution in [0.15, 0.2) is 48.0 Å². The highest BCUT2D eigenvalue weighted by atomic mass is 16.3. The Hall–Kier alpha value is -2.09. The van der Waals surface area contributed by atoms with Crippen LogP contribution in [-0.2, 0) is 4.79 Å². The number of fused-ring (bicyclic) bond motifs is 1. The standard InChI is InChI=1S/C21H24O2/c1-13(2)16-12-11-14(3)19(20(16)22)21(23)18-10-6-8-15-7-4-5-9-17(15)18/h4-10,13-14,16,23H,11-12H2,1-3H3/t14-,16-/m1/s1. The fourth-order valence-corrected chi connectivity index (χ4v) is 3.71. The molecule has 0 radical (unpaired) electrons. The molecule has 1 N–H and O–H groups in total. The van der Waals surface area contributed by atoms with Crippen LogP contribution in [0.3, 0.4) is 0 Å². The van der Waals surface area contributed by atoms with E-state index in [2.05, 4.69) is 13.8 Å². The predicted octanol–water partition coefficient (Wildman–Crippen LogP) is 5.38. The summed E-state index contributed by atoms with van der Waals surface area (Å²) in [5.74, 6) is 0.744. The van der Waals surface area contributed by atoms with Gasteiger partial charge in [0.2, 0.25) is 0 Å². The molecule has 2 nitrogen and oxygen atoms in total. The first-order valence-corrected chi connectivity index (χ1v) is 8.46. The van der Waals surface area contributed by atoms with E-state index in [-0.39, 0.29) is 23.4 Å². The first-order valence-electron chi connectivity index (χ1n) is 8.46. The molecule has 0 amide bonds. The maximum atomic E-state index is 12.9. The number of benzene rings is 2. The van der Waals surface area contributed by atoms with Crippen LogP contribution in [0, 0.1) is 17.8 Å². The molecular weight excluding hydrogens is 284 g/mol. The smallest absolute Gasteiger partial charge is 0.166 e. The van der Waals surface area contributed by atoms with Gasteiger partial charge in [-0.05, 0) is 35.4 Å². The van der Waals surface area contributed by atoms with Gasteiger partial charge in [-0.1, -0.05) is 63.2 Å². The number of aliphatic hydroxyl groups is 1. The van der Waals surface area contributed by atoms with E-state index in [0.29, 0.717) is 11.5 Å². The molecule has 2 aromatic carbocycles. The molecule has 23 heavy (non-hydrogen) atoms. The number of rotatable bonds is 2. The second-order valence-electron chi connectivity index (χ2n) is 6.98. The molecule has 1 aliphatic rings. The highest BCUT2D eigenvalue weighted by Crippen LogP contribution is 2.38. The molecule has 2 heteroatoms. The summed E-state index contributed by atoms with van der Waals surface area (Å²) in [5.41, 5.74) is 1.38. The van der Waals surface area contributed by atoms with Crippen LogP contribution in [0.4, 0.5) is 0 Å². The fraction of sp³-hybridized carbons (Fsp3) is 0.381. The largest absolute Gasteiger partial charge is 0.507 e. The van der Waals surface area contributed by atoms with Gasteiger partial charge in [0.05, 0.1) is 0 Å². The van der Waals surface area contributed by atoms with Gasteiger partial charge in [0.25, 0.3) is 0 Å². The van der Waals surface area contributed by atoms with E-state index < -0.39 is 0 Å². The van der Waals surface area contributed by atoms with Gasteiger partial charge in [-0.25, -0.2) is 0 Å². The first-order chi connectivity index (χ1) is 11.0. The summed E-state index contributed by atoms with van der Waals surface area (Å²) < 4.78 is 0. The van der Waals surface area contributed by atoms with Gasteiger partial charge in [0, 0.05) is 17.1 Å². The molecule has 0 aliphatic heterocycles. The lowest BCUT2D eigenvalue weighted by Crippen LogP contribution is -2.31. The maximum Gasteiger partial charge on any atom is 0.166 e. The lowest BCUT2D eigenvalue weighted by atomic mass is 9.72. The Bertz CT molecular complexity index is 765. The highest BCUT2D eigenvalue weighted by Gasteiger charge is 2.35. The summed E-state index contributed by atoms with van der Waals surface area (Å²) in [5, 5.41) is 13.0. The van der Waals surface area contributed by atoms with E-state index in [0.717, 1.165) is 29.2 Å². The third kappa shape index (κ3) is 2.78. The highest BCUT2D eigenvalue weighted by molar-refractivity contribution is 6.06. The average molecular weight is 308 g/mol. The van der Waals surface area contributed by atoms with Crippen molar-refractivity contribution in [2.24, 2.45) is 17.8 Å². The van der Waals surface area contributed by atoms with E-state index in [1.165, 1.54) is 0 Å². The van der Waals surface area contributed by atoms with Crippen molar-refractivity contribution in [2.75, 3.05) is 0 Å². The summed E-state index contributed by atoms with van der Waals surface area (Å²) in [7, 11) is 0. The Morgan fingerprint density at radius 1 is 1.09 bits per heavy atom. The van der Waals surface area contributed by atoms with E-state index in [4.69, 9.17) is 0 Å². The number of carbonyl (C=O) groups excluding carboxylic acids is 1. The summed E-state index contributed by atoms with van der Waals surface area (Å²) in [6.45, 7) is 6.22. The lowest BCUT2D eigenvalue weighted by molar-refractivity contribution is -0.122. The van der Waals surface area contributed by atoms with Gasteiger partial charge in [-0.3, -0.25) is 4.79 Å². The molecule has 0 aromatic heterocycles. The normalized spacial score (nSPS) is 24.3. The summed E-state index contributed by atoms with van der Waals surface area (Å²) in [6.07, 6.45) is 1.88. The van der Waals surface area contributed by atoms with E-state index in [9.17, 15) is 9.90 Å². The Labute approximate surface area is 137 Å². The number of hydrogen-bond acceptors (Lipinski definition) is 2. The average Bonchev–Trinajstić information content (AvgIpc) is 2.53. The maximum absolute atomic E-state index is 12.9. The SMILES string of the molecule is CC(C)[C@H]1CC[C@@H](C)C(=C(O)c2cccc3ccccc23)C1=O. The molecule has 1 saturated carbocycles. The summed E-state index contributed by atoms with van der Waals surface area (Å²) in [6, 6.07) is 13.8. The van der Waals surface area contributed by atoms with E-state index >= 15 is 0 Å². The van der Waals surface area contributed by atoms with Crippen LogP contribution in [0.25, 0.3) is 16.5 Å². The number of allylic oxidation sites excluding steroid dienone is 1. The zero-order valence-corrected chi connectivity index (χ0v) is 14.0. The minimum Gasteiger partial charge on any atom is -0.507 e. The van der Waals surface area contributed by atoms with Gasteiger partial charge in [0.15, 0.2) is 5.78 Å². The quantitative estimate of drug-likeness (QED) is 0.597. The Kier molecular flexibility index (Phi) is 4.25. The van der Waals surface area contributed by atoms with Gasteiger partial charge >= 0.3 is 0 Å². The fourth-order valence-electron chi connectivity index (χ4n) is 3.71. The van der Waals surface area contributed by atoms with Crippen molar-refractivity contribution in [3.63, 3.8) is 0 Å². The topological polar surface area (TPSA) is 37.3 Å². The van der Waals surface area contributed by atoms with Crippen LogP contribution < -0.4 is 0 Å². The molecule has 1 aliphatic carbocycles. The third-order valence-corrected chi connectivity index (χ3v) is 5.11. The number of Topliss-reactive ketones (excluding diaryl/α,β-unsaturated/α-hetero) is 1. The molecule has 2 atom stereocenters. The van der Waals surface area contributed by atoms with Gasteiger partial charge in [-0.15, -0.1) is 0 Å². The van der Waals surface area contributed by atoms with E-state index in [1.807, 2.05) is 49.4 Å². The Balaban J connectivity index is 2.16. The number of carbonyl (C=O) groups is 1. The van der Waals surface area contributed by atoms with Gasteiger partial charge in [0.1, 0.15) is 5.76 Å². The zero-order chi connectivity index (χ0) is 16.6. The predicted molar refractivity (Wildman–Crippen MR) is 95.2 cm³/mol. The van der Waals surface area contributed by atoms with Crippen LogP contribution in [0.1, 0.15) is 39.2 Å². The minimum atomic E-state index is 0.0262. The minimum absolute atomic E-state index is 0.0262. The summed E-state index contributed by atoms with van der Waals surface area (Å²) >= 11 is 0. The van der Waals surface area contributed by atoms with Crippen LogP contribution in [-0.4, -0.2) is 10.9 Å². The van der Waals surface area contributed by atoms with Crippen molar-refractivity contribution < 1.29 is 9.90 Å². The molecule has 0 saturated heterocycles. The molecule has 2 aromatic rings. The molecular formula is C21H24O2. The molecule has 0 unspecified atom stereocenters. The third-order valence-electron chi connectivity index (χ3n) is 5.11. The number of aliphatic hydroxyl groups excluding tert-OH is 1. The Morgan fingerprint density at radius 3 is 2.52 bits per heavy atom. The van der Waals surface area contributed by atoms with Crippen molar-refractivity contribution in [2.45, 2.75) is 33.6 Å². The molecule has 3 rings (SSSR count). The lowest BCUT2D eigenvalue weighted by Gasteiger charge is -2.31. The summed E-state index contributed by atoms with van der Waals surface area (Å²) in [4.78, 5) is 12.9. The molecule has 1 fully saturated rings. The van der Waals surface area contributed by atoms with Crippen LogP contribution in [0.5, 0.6) is 0 Å². The second kappa shape index (κ2) is 6.19. The van der Waals surface area contributed by atoms with Gasteiger partial charge in [-0.2, -0.15) is 0 Å². The number of ketones is 1. The molecule has 120 valence electrons. The van der Waals surface area contributed by atoms with Crippen LogP contribution in [0.2, 0.25) is 0 Å². The molecule has 0 bridgehead atoms. The monoisotopic (exact) mass is 308 g/mol. The van der Waals surface area contributed by atoms with Crippen molar-refractivity contribution in [1.82, 2.24) is 0 Å². The number of hydrogen-bond donors (Lipinski definition) is 1. The first kappa shape index (κ1) is 15.8. The van der Waals surface area contributed by atoms with E-state index in [1.54, 1.807) is 0 Å². The molecule has 0 heterocycles. The Morgan fingerprint density at radius 2 is 1.78 bits per heavy atom.